The number of amides is 1. The van der Waals surface area contributed by atoms with Gasteiger partial charge in [-0.2, -0.15) is 0 Å². The van der Waals surface area contributed by atoms with Crippen LogP contribution < -0.4 is 0 Å². The highest BCUT2D eigenvalue weighted by Crippen LogP contribution is 2.42. The van der Waals surface area contributed by atoms with Gasteiger partial charge < -0.3 is 4.90 Å². The molecule has 0 spiro atoms. The van der Waals surface area contributed by atoms with Crippen LogP contribution in [0.15, 0.2) is 73.9 Å². The van der Waals surface area contributed by atoms with E-state index in [4.69, 9.17) is 11.6 Å². The summed E-state index contributed by atoms with van der Waals surface area (Å²) in [7, 11) is 0. The number of nitrogens with zero attached hydrogens (tertiary/aromatic N) is 1. The molecule has 0 saturated carbocycles. The molecule has 1 aliphatic heterocycles. The molecule has 0 radical (unpaired) electrons. The van der Waals surface area contributed by atoms with Crippen molar-refractivity contribution in [3.63, 3.8) is 0 Å². The third kappa shape index (κ3) is 4.00. The molecule has 138 valence electrons. The Morgan fingerprint density at radius 1 is 1.30 bits per heavy atom. The minimum absolute atomic E-state index is 0.0528. The maximum atomic E-state index is 12.3. The van der Waals surface area contributed by atoms with Crippen molar-refractivity contribution in [2.45, 2.75) is 19.4 Å². The lowest BCUT2D eigenvalue weighted by Crippen LogP contribution is -2.37. The van der Waals surface area contributed by atoms with Gasteiger partial charge in [0.15, 0.2) is 0 Å². The lowest BCUT2D eigenvalue weighted by atomic mass is 9.83. The van der Waals surface area contributed by atoms with Crippen LogP contribution in [0.2, 0.25) is 4.34 Å². The van der Waals surface area contributed by atoms with E-state index in [0.717, 1.165) is 20.4 Å². The van der Waals surface area contributed by atoms with Crippen molar-refractivity contribution in [1.29, 1.82) is 0 Å². The van der Waals surface area contributed by atoms with Crippen LogP contribution >= 0.6 is 22.9 Å². The second-order valence-electron chi connectivity index (χ2n) is 6.35. The average molecular weight is 396 g/mol. The second kappa shape index (κ2) is 8.55. The van der Waals surface area contributed by atoms with Gasteiger partial charge in [0.05, 0.1) is 10.9 Å². The van der Waals surface area contributed by atoms with Crippen LogP contribution in [0.1, 0.15) is 34.4 Å². The number of fused-ring (bicyclic) bond motifs is 1. The highest BCUT2D eigenvalue weighted by atomic mass is 35.5. The first-order valence-electron chi connectivity index (χ1n) is 8.83. The summed E-state index contributed by atoms with van der Waals surface area (Å²) in [5.41, 5.74) is 4.63. The number of halogens is 1. The number of benzene rings is 1. The Morgan fingerprint density at radius 2 is 2.07 bits per heavy atom. The van der Waals surface area contributed by atoms with E-state index in [-0.39, 0.29) is 11.8 Å². The summed E-state index contributed by atoms with van der Waals surface area (Å²) in [6.07, 6.45) is 9.29. The number of hydrogen-bond acceptors (Lipinski definition) is 2. The van der Waals surface area contributed by atoms with Crippen molar-refractivity contribution >= 4 is 34.4 Å². The molecule has 1 aromatic heterocycles. The molecule has 0 saturated heterocycles. The van der Waals surface area contributed by atoms with Crippen molar-refractivity contribution in [2.24, 2.45) is 0 Å². The molecule has 1 atom stereocenters. The van der Waals surface area contributed by atoms with Crippen LogP contribution in [0.4, 0.5) is 0 Å². The van der Waals surface area contributed by atoms with Gasteiger partial charge in [-0.15, -0.1) is 11.3 Å². The average Bonchev–Trinajstić information content (AvgIpc) is 3.06. The number of hydrogen-bond donors (Lipinski definition) is 0. The number of thiophene rings is 1. The monoisotopic (exact) mass is 395 g/mol. The molecule has 0 unspecified atom stereocenters. The predicted octanol–water partition coefficient (Wildman–Crippen LogP) is 6.21. The largest absolute Gasteiger partial charge is 0.333 e. The summed E-state index contributed by atoms with van der Waals surface area (Å²) < 4.78 is 0.755. The van der Waals surface area contributed by atoms with Gasteiger partial charge in [0.2, 0.25) is 5.91 Å². The Morgan fingerprint density at radius 3 is 2.78 bits per heavy atom. The van der Waals surface area contributed by atoms with Gasteiger partial charge in [-0.05, 0) is 41.3 Å². The molecule has 2 aromatic rings. The number of carbonyl (C=O) groups excluding carboxylic acids is 1. The maximum Gasteiger partial charge on any atom is 0.246 e. The smallest absolute Gasteiger partial charge is 0.246 e. The van der Waals surface area contributed by atoms with Gasteiger partial charge >= 0.3 is 0 Å². The van der Waals surface area contributed by atoms with Crippen molar-refractivity contribution in [1.82, 2.24) is 4.90 Å². The Kier molecular flexibility index (Phi) is 6.15. The minimum atomic E-state index is -0.0528. The summed E-state index contributed by atoms with van der Waals surface area (Å²) in [6.45, 7) is 10.7. The van der Waals surface area contributed by atoms with E-state index < -0.39 is 0 Å². The third-order valence-corrected chi connectivity index (χ3v) is 5.97. The maximum absolute atomic E-state index is 12.3. The molecule has 4 heteroatoms. The molecule has 0 bridgehead atoms. The normalized spacial score (nSPS) is 17.0. The van der Waals surface area contributed by atoms with Gasteiger partial charge in [0.1, 0.15) is 0 Å². The van der Waals surface area contributed by atoms with E-state index in [1.165, 1.54) is 17.2 Å². The van der Waals surface area contributed by atoms with E-state index >= 15 is 0 Å². The van der Waals surface area contributed by atoms with E-state index in [1.54, 1.807) is 17.4 Å². The SMILES string of the molecule is C=C/C=C(\C=C/C)c1ccccc1[C@@H]1CN(C(=O)C=C)Cc2sc(Cl)cc21. The number of allylic oxidation sites excluding steroid dienone is 5. The number of carbonyl (C=O) groups is 1. The molecule has 27 heavy (non-hydrogen) atoms. The fourth-order valence-electron chi connectivity index (χ4n) is 3.55. The molecule has 2 nitrogen and oxygen atoms in total. The van der Waals surface area contributed by atoms with Crippen molar-refractivity contribution in [2.75, 3.05) is 6.54 Å². The fourth-order valence-corrected chi connectivity index (χ4v) is 4.91. The lowest BCUT2D eigenvalue weighted by molar-refractivity contribution is -0.127. The highest BCUT2D eigenvalue weighted by Gasteiger charge is 2.31. The second-order valence-corrected chi connectivity index (χ2v) is 8.12. The fraction of sp³-hybridized carbons (Fsp3) is 0.174. The first kappa shape index (κ1) is 19.4. The van der Waals surface area contributed by atoms with E-state index in [0.29, 0.717) is 13.1 Å². The molecule has 3 rings (SSSR count). The number of rotatable bonds is 5. The highest BCUT2D eigenvalue weighted by molar-refractivity contribution is 7.16. The Balaban J connectivity index is 2.15. The predicted molar refractivity (Wildman–Crippen MR) is 116 cm³/mol. The Labute approximate surface area is 169 Å². The van der Waals surface area contributed by atoms with E-state index in [2.05, 4.69) is 31.4 Å². The van der Waals surface area contributed by atoms with Crippen LogP contribution in [0.5, 0.6) is 0 Å². The van der Waals surface area contributed by atoms with Gasteiger partial charge in [-0.1, -0.05) is 73.3 Å². The first-order valence-corrected chi connectivity index (χ1v) is 10.0. The molecule has 1 aromatic carbocycles. The quantitative estimate of drug-likeness (QED) is 0.435. The Bertz CT molecular complexity index is 938. The van der Waals surface area contributed by atoms with Gasteiger partial charge in [0.25, 0.3) is 0 Å². The van der Waals surface area contributed by atoms with Crippen LogP contribution in [0.3, 0.4) is 0 Å². The van der Waals surface area contributed by atoms with Gasteiger partial charge in [-0.3, -0.25) is 4.79 Å². The van der Waals surface area contributed by atoms with Crippen LogP contribution in [0, 0.1) is 0 Å². The molecule has 0 aliphatic carbocycles. The standard InChI is InChI=1S/C23H22ClNOS/c1-4-9-16(10-5-2)17-11-7-8-12-18(17)20-14-25(23(26)6-3)15-21-19(20)13-22(24)27-21/h4-13,20H,1,3,14-15H2,2H3/b10-5-,16-9+/t20-/m0/s1. The zero-order chi connectivity index (χ0) is 19.4. The molecule has 0 N–H and O–H groups in total. The molecular formula is C23H22ClNOS. The van der Waals surface area contributed by atoms with Crippen molar-refractivity contribution in [3.8, 4) is 0 Å². The summed E-state index contributed by atoms with van der Waals surface area (Å²) in [5, 5.41) is 0. The Hall–Kier alpha value is -2.36. The summed E-state index contributed by atoms with van der Waals surface area (Å²) in [4.78, 5) is 15.3. The summed E-state index contributed by atoms with van der Waals surface area (Å²) in [5.74, 6) is 0.0130. The van der Waals surface area contributed by atoms with Gasteiger partial charge in [0, 0.05) is 17.3 Å². The van der Waals surface area contributed by atoms with Crippen LogP contribution in [0.25, 0.3) is 5.57 Å². The van der Waals surface area contributed by atoms with Crippen molar-refractivity contribution in [3.05, 3.63) is 99.8 Å². The van der Waals surface area contributed by atoms with Gasteiger partial charge in [-0.25, -0.2) is 0 Å². The van der Waals surface area contributed by atoms with Crippen molar-refractivity contribution < 1.29 is 4.79 Å². The summed E-state index contributed by atoms with van der Waals surface area (Å²) >= 11 is 7.87. The topological polar surface area (TPSA) is 20.3 Å². The third-order valence-electron chi connectivity index (χ3n) is 4.70. The molecular weight excluding hydrogens is 374 g/mol. The molecule has 2 heterocycles. The lowest BCUT2D eigenvalue weighted by Gasteiger charge is -2.33. The molecule has 0 fully saturated rings. The zero-order valence-electron chi connectivity index (χ0n) is 15.3. The van der Waals surface area contributed by atoms with E-state index in [1.807, 2.05) is 42.2 Å². The van der Waals surface area contributed by atoms with E-state index in [9.17, 15) is 4.79 Å². The first-order chi connectivity index (χ1) is 13.1. The molecule has 1 aliphatic rings. The van der Waals surface area contributed by atoms with Crippen LogP contribution in [-0.4, -0.2) is 17.4 Å². The minimum Gasteiger partial charge on any atom is -0.333 e. The summed E-state index contributed by atoms with van der Waals surface area (Å²) in [6, 6.07) is 10.4. The van der Waals surface area contributed by atoms with Crippen LogP contribution in [-0.2, 0) is 11.3 Å². The molecule has 1 amide bonds. The zero-order valence-corrected chi connectivity index (χ0v) is 16.9.